The first kappa shape index (κ1) is 15.2. The topological polar surface area (TPSA) is 39.1 Å². The van der Waals surface area contributed by atoms with Gasteiger partial charge in [-0.1, -0.05) is 6.92 Å². The molecule has 4 heteroatoms. The van der Waals surface area contributed by atoms with Gasteiger partial charge < -0.3 is 10.1 Å². The van der Waals surface area contributed by atoms with Gasteiger partial charge in [-0.15, -0.1) is 0 Å². The van der Waals surface area contributed by atoms with Gasteiger partial charge in [-0.2, -0.15) is 5.10 Å². The summed E-state index contributed by atoms with van der Waals surface area (Å²) in [5.74, 6) is 0. The van der Waals surface area contributed by atoms with E-state index >= 15 is 0 Å². The molecule has 0 aromatic carbocycles. The minimum Gasteiger partial charge on any atom is -0.382 e. The van der Waals surface area contributed by atoms with Crippen LogP contribution >= 0.6 is 0 Å². The van der Waals surface area contributed by atoms with Gasteiger partial charge in [0, 0.05) is 31.8 Å². The van der Waals surface area contributed by atoms with Crippen molar-refractivity contribution in [1.82, 2.24) is 15.1 Å². The molecule has 2 unspecified atom stereocenters. The molecule has 1 aromatic heterocycles. The number of methoxy groups -OCH3 is 1. The largest absolute Gasteiger partial charge is 0.382 e. The third-order valence-electron chi connectivity index (χ3n) is 3.25. The van der Waals surface area contributed by atoms with Crippen molar-refractivity contribution >= 4 is 0 Å². The molecule has 0 radical (unpaired) electrons. The highest BCUT2D eigenvalue weighted by atomic mass is 16.5. The second kappa shape index (κ2) is 7.54. The molecule has 0 aliphatic heterocycles. The molecule has 0 aliphatic rings. The number of nitrogens with one attached hydrogen (secondary N) is 1. The van der Waals surface area contributed by atoms with E-state index in [2.05, 4.69) is 48.9 Å². The molecule has 0 aliphatic carbocycles. The van der Waals surface area contributed by atoms with Crippen LogP contribution in [0.2, 0.25) is 0 Å². The Bertz CT molecular complexity index is 349. The monoisotopic (exact) mass is 253 g/mol. The predicted molar refractivity (Wildman–Crippen MR) is 74.9 cm³/mol. The Hall–Kier alpha value is -0.870. The van der Waals surface area contributed by atoms with Gasteiger partial charge in [0.05, 0.1) is 11.8 Å². The molecule has 104 valence electrons. The van der Waals surface area contributed by atoms with Crippen LogP contribution in [0.4, 0.5) is 0 Å². The molecule has 0 amide bonds. The van der Waals surface area contributed by atoms with Gasteiger partial charge in [-0.3, -0.25) is 4.68 Å². The maximum absolute atomic E-state index is 5.36. The Morgan fingerprint density at radius 2 is 2.17 bits per heavy atom. The second-order valence-corrected chi connectivity index (χ2v) is 4.83. The number of likely N-dealkylation sites (N-methyl/N-ethyl adjacent to an activating group) is 1. The van der Waals surface area contributed by atoms with Crippen molar-refractivity contribution in [3.63, 3.8) is 0 Å². The summed E-state index contributed by atoms with van der Waals surface area (Å²) < 4.78 is 7.46. The highest BCUT2D eigenvalue weighted by molar-refractivity contribution is 5.10. The lowest BCUT2D eigenvalue weighted by Crippen LogP contribution is -2.35. The number of aromatic nitrogens is 2. The molecule has 0 saturated heterocycles. The highest BCUT2D eigenvalue weighted by Crippen LogP contribution is 2.11. The fraction of sp³-hybridized carbons (Fsp3) is 0.786. The average Bonchev–Trinajstić information content (AvgIpc) is 2.69. The van der Waals surface area contributed by atoms with Crippen LogP contribution < -0.4 is 5.32 Å². The standard InChI is InChI=1S/C14H27N3O/c1-6-15-13(9-12(4)18-5)10-14-8-11(3)16-17(14)7-2/h8,12-13,15H,6-7,9-10H2,1-5H3. The molecular weight excluding hydrogens is 226 g/mol. The van der Waals surface area contributed by atoms with E-state index in [1.807, 2.05) is 0 Å². The molecule has 0 spiro atoms. The summed E-state index contributed by atoms with van der Waals surface area (Å²) in [5, 5.41) is 8.04. The lowest BCUT2D eigenvalue weighted by Gasteiger charge is -2.21. The van der Waals surface area contributed by atoms with Gasteiger partial charge in [0.15, 0.2) is 0 Å². The SMILES string of the molecule is CCNC(Cc1cc(C)nn1CC)CC(C)OC. The Kier molecular flexibility index (Phi) is 6.36. The summed E-state index contributed by atoms with van der Waals surface area (Å²) >= 11 is 0. The Morgan fingerprint density at radius 1 is 1.44 bits per heavy atom. The van der Waals surface area contributed by atoms with E-state index in [9.17, 15) is 0 Å². The molecule has 18 heavy (non-hydrogen) atoms. The Balaban J connectivity index is 2.69. The van der Waals surface area contributed by atoms with Crippen LogP contribution in [-0.2, 0) is 17.7 Å². The molecule has 1 N–H and O–H groups in total. The van der Waals surface area contributed by atoms with Gasteiger partial charge in [0.2, 0.25) is 0 Å². The fourth-order valence-corrected chi connectivity index (χ4v) is 2.31. The first-order chi connectivity index (χ1) is 8.60. The van der Waals surface area contributed by atoms with Crippen LogP contribution in [0.15, 0.2) is 6.07 Å². The number of ether oxygens (including phenoxy) is 1. The summed E-state index contributed by atoms with van der Waals surface area (Å²) in [5.41, 5.74) is 2.41. The van der Waals surface area contributed by atoms with E-state index in [0.717, 1.165) is 31.6 Å². The lowest BCUT2D eigenvalue weighted by molar-refractivity contribution is 0.100. The minimum absolute atomic E-state index is 0.285. The van der Waals surface area contributed by atoms with Crippen LogP contribution in [0.25, 0.3) is 0 Å². The molecule has 1 heterocycles. The average molecular weight is 253 g/mol. The van der Waals surface area contributed by atoms with E-state index in [1.165, 1.54) is 5.69 Å². The quantitative estimate of drug-likeness (QED) is 0.771. The normalized spacial score (nSPS) is 14.7. The zero-order chi connectivity index (χ0) is 13.5. The lowest BCUT2D eigenvalue weighted by atomic mass is 10.0. The van der Waals surface area contributed by atoms with Crippen molar-refractivity contribution in [2.45, 2.75) is 59.2 Å². The van der Waals surface area contributed by atoms with Crippen LogP contribution in [0.1, 0.15) is 38.6 Å². The zero-order valence-corrected chi connectivity index (χ0v) is 12.4. The Morgan fingerprint density at radius 3 is 2.72 bits per heavy atom. The predicted octanol–water partition coefficient (Wildman–Crippen LogP) is 2.16. The molecular formula is C14H27N3O. The van der Waals surface area contributed by atoms with Gasteiger partial charge >= 0.3 is 0 Å². The van der Waals surface area contributed by atoms with Crippen molar-refractivity contribution in [1.29, 1.82) is 0 Å². The molecule has 4 nitrogen and oxygen atoms in total. The maximum atomic E-state index is 5.36. The second-order valence-electron chi connectivity index (χ2n) is 4.83. The van der Waals surface area contributed by atoms with E-state index < -0.39 is 0 Å². The van der Waals surface area contributed by atoms with Gasteiger partial charge in [-0.25, -0.2) is 0 Å². The first-order valence-electron chi connectivity index (χ1n) is 6.90. The van der Waals surface area contributed by atoms with Crippen molar-refractivity contribution in [3.8, 4) is 0 Å². The van der Waals surface area contributed by atoms with Crippen LogP contribution in [0, 0.1) is 6.92 Å². The van der Waals surface area contributed by atoms with Crippen molar-refractivity contribution in [2.75, 3.05) is 13.7 Å². The summed E-state index contributed by atoms with van der Waals surface area (Å²) in [6, 6.07) is 2.64. The van der Waals surface area contributed by atoms with E-state index in [0.29, 0.717) is 6.04 Å². The number of rotatable bonds is 8. The van der Waals surface area contributed by atoms with Crippen LogP contribution in [0.3, 0.4) is 0 Å². The van der Waals surface area contributed by atoms with Gasteiger partial charge in [-0.05, 0) is 39.8 Å². The number of hydrogen-bond donors (Lipinski definition) is 1. The molecule has 1 aromatic rings. The zero-order valence-electron chi connectivity index (χ0n) is 12.4. The summed E-state index contributed by atoms with van der Waals surface area (Å²) in [6.45, 7) is 10.4. The molecule has 0 bridgehead atoms. The van der Waals surface area contributed by atoms with Crippen LogP contribution in [0.5, 0.6) is 0 Å². The summed E-state index contributed by atoms with van der Waals surface area (Å²) in [4.78, 5) is 0. The molecule has 0 saturated carbocycles. The van der Waals surface area contributed by atoms with E-state index in [-0.39, 0.29) is 6.10 Å². The third-order valence-corrected chi connectivity index (χ3v) is 3.25. The first-order valence-corrected chi connectivity index (χ1v) is 6.90. The molecule has 1 rings (SSSR count). The van der Waals surface area contributed by atoms with E-state index in [1.54, 1.807) is 7.11 Å². The molecule has 2 atom stereocenters. The smallest absolute Gasteiger partial charge is 0.0596 e. The fourth-order valence-electron chi connectivity index (χ4n) is 2.31. The van der Waals surface area contributed by atoms with Crippen molar-refractivity contribution in [3.05, 3.63) is 17.5 Å². The highest BCUT2D eigenvalue weighted by Gasteiger charge is 2.15. The van der Waals surface area contributed by atoms with Gasteiger partial charge in [0.1, 0.15) is 0 Å². The number of nitrogens with zero attached hydrogens (tertiary/aromatic N) is 2. The molecule has 0 fully saturated rings. The minimum atomic E-state index is 0.285. The van der Waals surface area contributed by atoms with Crippen LogP contribution in [-0.4, -0.2) is 35.6 Å². The third kappa shape index (κ3) is 4.42. The number of hydrogen-bond acceptors (Lipinski definition) is 3. The van der Waals surface area contributed by atoms with Crippen molar-refractivity contribution in [2.24, 2.45) is 0 Å². The number of aryl methyl sites for hydroxylation is 2. The van der Waals surface area contributed by atoms with E-state index in [4.69, 9.17) is 4.74 Å². The van der Waals surface area contributed by atoms with Gasteiger partial charge in [0.25, 0.3) is 0 Å². The summed E-state index contributed by atoms with van der Waals surface area (Å²) in [7, 11) is 1.77. The Labute approximate surface area is 111 Å². The maximum Gasteiger partial charge on any atom is 0.0596 e. The van der Waals surface area contributed by atoms with Crippen molar-refractivity contribution < 1.29 is 4.74 Å². The summed E-state index contributed by atoms with van der Waals surface area (Å²) in [6.07, 6.45) is 2.32.